The Labute approximate surface area is 185 Å². The number of nitrogens with zero attached hydrogens (tertiary/aromatic N) is 3. The molecule has 164 valence electrons. The van der Waals surface area contributed by atoms with Crippen LogP contribution in [0, 0.1) is 6.92 Å². The predicted molar refractivity (Wildman–Crippen MR) is 118 cm³/mol. The first-order chi connectivity index (χ1) is 14.2. The summed E-state index contributed by atoms with van der Waals surface area (Å²) in [5.41, 5.74) is 1.42. The van der Waals surface area contributed by atoms with Gasteiger partial charge in [-0.05, 0) is 59.1 Å². The minimum absolute atomic E-state index is 0.0359. The van der Waals surface area contributed by atoms with Crippen LogP contribution in [0.15, 0.2) is 16.6 Å². The SMILES string of the molecule is Cc1nn(C2CCCCO2)c2cc(Br)cc(O[C@H]3CCN(C(=O)OC(C)(C)C)C3)c12. The van der Waals surface area contributed by atoms with Crippen LogP contribution in [0.5, 0.6) is 5.75 Å². The van der Waals surface area contributed by atoms with Gasteiger partial charge >= 0.3 is 6.09 Å². The number of rotatable bonds is 3. The Morgan fingerprint density at radius 3 is 2.77 bits per heavy atom. The van der Waals surface area contributed by atoms with E-state index in [1.54, 1.807) is 4.90 Å². The maximum absolute atomic E-state index is 12.4. The average Bonchev–Trinajstić information content (AvgIpc) is 3.26. The van der Waals surface area contributed by atoms with Crippen molar-refractivity contribution in [3.8, 4) is 5.75 Å². The van der Waals surface area contributed by atoms with Crippen LogP contribution in [-0.2, 0) is 9.47 Å². The molecule has 0 spiro atoms. The fourth-order valence-electron chi connectivity index (χ4n) is 4.10. The summed E-state index contributed by atoms with van der Waals surface area (Å²) in [5, 5.41) is 5.78. The van der Waals surface area contributed by atoms with Crippen molar-refractivity contribution >= 4 is 32.9 Å². The second-order valence-electron chi connectivity index (χ2n) is 9.10. The molecule has 2 aromatic rings. The third-order valence-electron chi connectivity index (χ3n) is 5.43. The molecule has 30 heavy (non-hydrogen) atoms. The summed E-state index contributed by atoms with van der Waals surface area (Å²) in [4.78, 5) is 14.1. The lowest BCUT2D eigenvalue weighted by Gasteiger charge is -2.24. The van der Waals surface area contributed by atoms with E-state index in [9.17, 15) is 4.79 Å². The minimum atomic E-state index is -0.501. The van der Waals surface area contributed by atoms with Gasteiger partial charge in [0, 0.05) is 24.0 Å². The third kappa shape index (κ3) is 4.59. The first kappa shape index (κ1) is 21.4. The highest BCUT2D eigenvalue weighted by molar-refractivity contribution is 9.10. The zero-order chi connectivity index (χ0) is 21.5. The van der Waals surface area contributed by atoms with E-state index >= 15 is 0 Å². The molecule has 4 rings (SSSR count). The van der Waals surface area contributed by atoms with Gasteiger partial charge in [-0.3, -0.25) is 0 Å². The monoisotopic (exact) mass is 479 g/mol. The molecule has 0 N–H and O–H groups in total. The maximum atomic E-state index is 12.4. The highest BCUT2D eigenvalue weighted by atomic mass is 79.9. The molecule has 2 aliphatic heterocycles. The van der Waals surface area contributed by atoms with Crippen LogP contribution in [0.1, 0.15) is 58.4 Å². The fraction of sp³-hybridized carbons (Fsp3) is 0.636. The third-order valence-corrected chi connectivity index (χ3v) is 5.89. The van der Waals surface area contributed by atoms with Gasteiger partial charge in [-0.15, -0.1) is 0 Å². The van der Waals surface area contributed by atoms with Crippen molar-refractivity contribution in [2.75, 3.05) is 19.7 Å². The number of hydrogen-bond donors (Lipinski definition) is 0. The van der Waals surface area contributed by atoms with Gasteiger partial charge < -0.3 is 19.1 Å². The number of amides is 1. The van der Waals surface area contributed by atoms with E-state index in [2.05, 4.69) is 22.0 Å². The van der Waals surface area contributed by atoms with Crippen LogP contribution in [0.25, 0.3) is 10.9 Å². The number of aromatic nitrogens is 2. The largest absolute Gasteiger partial charge is 0.488 e. The summed E-state index contributed by atoms with van der Waals surface area (Å²) in [7, 11) is 0. The van der Waals surface area contributed by atoms with Crippen LogP contribution in [0.3, 0.4) is 0 Å². The molecule has 1 unspecified atom stereocenters. The topological polar surface area (TPSA) is 65.8 Å². The second-order valence-corrected chi connectivity index (χ2v) is 10.0. The van der Waals surface area contributed by atoms with Crippen LogP contribution in [-0.4, -0.2) is 52.2 Å². The summed E-state index contributed by atoms with van der Waals surface area (Å²) in [5.74, 6) is 0.787. The Morgan fingerprint density at radius 2 is 2.07 bits per heavy atom. The molecule has 1 aromatic carbocycles. The number of benzene rings is 1. The molecule has 7 nitrogen and oxygen atoms in total. The fourth-order valence-corrected chi connectivity index (χ4v) is 4.53. The Morgan fingerprint density at radius 1 is 1.27 bits per heavy atom. The Balaban J connectivity index is 1.55. The van der Waals surface area contributed by atoms with Gasteiger partial charge in [0.2, 0.25) is 0 Å². The summed E-state index contributed by atoms with van der Waals surface area (Å²) < 4.78 is 20.8. The molecule has 1 aromatic heterocycles. The summed E-state index contributed by atoms with van der Waals surface area (Å²) in [6.07, 6.45) is 3.58. The molecule has 2 fully saturated rings. The Kier molecular flexibility index (Phi) is 5.99. The van der Waals surface area contributed by atoms with Crippen LogP contribution in [0.2, 0.25) is 0 Å². The van der Waals surface area contributed by atoms with Gasteiger partial charge in [0.1, 0.15) is 17.5 Å². The molecule has 2 atom stereocenters. The molecule has 8 heteroatoms. The molecule has 0 radical (unpaired) electrons. The van der Waals surface area contributed by atoms with Crippen LogP contribution in [0.4, 0.5) is 4.79 Å². The lowest BCUT2D eigenvalue weighted by molar-refractivity contribution is -0.0368. The molecular formula is C22H30BrN3O4. The number of carbonyl (C=O) groups is 1. The highest BCUT2D eigenvalue weighted by Gasteiger charge is 2.32. The van der Waals surface area contributed by atoms with E-state index in [1.807, 2.05) is 38.4 Å². The number of hydrogen-bond acceptors (Lipinski definition) is 5. The van der Waals surface area contributed by atoms with Crippen molar-refractivity contribution in [2.45, 2.75) is 71.3 Å². The number of likely N-dealkylation sites (tertiary alicyclic amines) is 1. The molecule has 2 aliphatic rings. The van der Waals surface area contributed by atoms with E-state index in [0.29, 0.717) is 13.1 Å². The molecule has 3 heterocycles. The predicted octanol–water partition coefficient (Wildman–Crippen LogP) is 5.19. The number of aryl methyl sites for hydroxylation is 1. The van der Waals surface area contributed by atoms with E-state index in [4.69, 9.17) is 19.3 Å². The van der Waals surface area contributed by atoms with Crippen molar-refractivity contribution in [1.29, 1.82) is 0 Å². The maximum Gasteiger partial charge on any atom is 0.410 e. The van der Waals surface area contributed by atoms with Crippen molar-refractivity contribution in [2.24, 2.45) is 0 Å². The van der Waals surface area contributed by atoms with Crippen molar-refractivity contribution in [1.82, 2.24) is 14.7 Å². The van der Waals surface area contributed by atoms with Gasteiger partial charge in [-0.1, -0.05) is 15.9 Å². The molecule has 1 amide bonds. The van der Waals surface area contributed by atoms with Gasteiger partial charge in [-0.25, -0.2) is 9.48 Å². The lowest BCUT2D eigenvalue weighted by atomic mass is 10.1. The smallest absolute Gasteiger partial charge is 0.410 e. The van der Waals surface area contributed by atoms with E-state index in [1.165, 1.54) is 0 Å². The first-order valence-electron chi connectivity index (χ1n) is 10.7. The Hall–Kier alpha value is -1.80. The molecule has 2 saturated heterocycles. The molecule has 0 aliphatic carbocycles. The van der Waals surface area contributed by atoms with Crippen molar-refractivity contribution in [3.05, 3.63) is 22.3 Å². The quantitative estimate of drug-likeness (QED) is 0.605. The van der Waals surface area contributed by atoms with Crippen molar-refractivity contribution in [3.63, 3.8) is 0 Å². The van der Waals surface area contributed by atoms with Crippen LogP contribution >= 0.6 is 15.9 Å². The second kappa shape index (κ2) is 8.38. The standard InChI is InChI=1S/C22H30BrN3O4/c1-14-20-17(26(24-14)19-7-5-6-10-28-19)11-15(23)12-18(20)29-16-8-9-25(13-16)21(27)30-22(2,3)4/h11-12,16,19H,5-10,13H2,1-4H3/t16-,19?/m0/s1. The number of halogens is 1. The summed E-state index contributed by atoms with van der Waals surface area (Å²) in [6, 6.07) is 4.06. The van der Waals surface area contributed by atoms with Gasteiger partial charge in [0.15, 0.2) is 6.23 Å². The number of ether oxygens (including phenoxy) is 3. The molecule has 0 bridgehead atoms. The van der Waals surface area contributed by atoms with Crippen LogP contribution < -0.4 is 4.74 Å². The normalized spacial score (nSPS) is 22.5. The lowest BCUT2D eigenvalue weighted by Crippen LogP contribution is -2.36. The van der Waals surface area contributed by atoms with Crippen molar-refractivity contribution < 1.29 is 19.0 Å². The van der Waals surface area contributed by atoms with E-state index < -0.39 is 5.60 Å². The van der Waals surface area contributed by atoms with Gasteiger partial charge in [0.05, 0.1) is 23.1 Å². The minimum Gasteiger partial charge on any atom is -0.488 e. The zero-order valence-electron chi connectivity index (χ0n) is 18.1. The summed E-state index contributed by atoms with van der Waals surface area (Å²) in [6.45, 7) is 9.55. The molecule has 0 saturated carbocycles. The number of carbonyl (C=O) groups excluding carboxylic acids is 1. The molecular weight excluding hydrogens is 450 g/mol. The van der Waals surface area contributed by atoms with E-state index in [0.717, 1.165) is 59.1 Å². The average molecular weight is 480 g/mol. The zero-order valence-corrected chi connectivity index (χ0v) is 19.7. The van der Waals surface area contributed by atoms with Gasteiger partial charge in [-0.2, -0.15) is 5.10 Å². The first-order valence-corrected chi connectivity index (χ1v) is 11.4. The Bertz CT molecular complexity index is 931. The highest BCUT2D eigenvalue weighted by Crippen LogP contribution is 2.37. The van der Waals surface area contributed by atoms with Gasteiger partial charge in [0.25, 0.3) is 0 Å². The summed E-state index contributed by atoms with van der Waals surface area (Å²) >= 11 is 3.62. The van der Waals surface area contributed by atoms with E-state index in [-0.39, 0.29) is 18.4 Å². The number of fused-ring (bicyclic) bond motifs is 1.